The molecule has 1 heterocycles. The molecule has 174 valence electrons. The number of hydrogen-bond donors (Lipinski definition) is 3. The maximum atomic E-state index is 12.1. The predicted molar refractivity (Wildman–Crippen MR) is 124 cm³/mol. The van der Waals surface area contributed by atoms with Gasteiger partial charge in [-0.05, 0) is 67.3 Å². The second-order valence-corrected chi connectivity index (χ2v) is 7.85. The van der Waals surface area contributed by atoms with Gasteiger partial charge in [0.1, 0.15) is 5.75 Å². The van der Waals surface area contributed by atoms with Gasteiger partial charge in [0.05, 0.1) is 12.3 Å². The largest absolute Gasteiger partial charge is 0.484 e. The van der Waals surface area contributed by atoms with E-state index in [0.717, 1.165) is 18.4 Å². The lowest BCUT2D eigenvalue weighted by Gasteiger charge is -2.10. The van der Waals surface area contributed by atoms with Gasteiger partial charge in [0.25, 0.3) is 5.91 Å². The summed E-state index contributed by atoms with van der Waals surface area (Å²) in [5.41, 5.74) is 4.37. The van der Waals surface area contributed by atoms with Crippen LogP contribution in [-0.4, -0.2) is 49.8 Å². The highest BCUT2D eigenvalue weighted by Crippen LogP contribution is 2.20. The minimum Gasteiger partial charge on any atom is -0.484 e. The number of nitrogens with zero attached hydrogens (tertiary/aromatic N) is 1. The summed E-state index contributed by atoms with van der Waals surface area (Å²) in [7, 11) is 0. The van der Waals surface area contributed by atoms with Crippen LogP contribution in [0.4, 0.5) is 5.69 Å². The van der Waals surface area contributed by atoms with Crippen molar-refractivity contribution in [1.82, 2.24) is 10.7 Å². The van der Waals surface area contributed by atoms with Crippen LogP contribution in [-0.2, 0) is 19.1 Å². The Bertz CT molecular complexity index is 1020. The first-order chi connectivity index (χ1) is 15.9. The zero-order valence-corrected chi connectivity index (χ0v) is 18.9. The van der Waals surface area contributed by atoms with Crippen LogP contribution in [0.5, 0.6) is 5.75 Å². The fraction of sp³-hybridized carbons (Fsp3) is 0.304. The Labute approximate surface area is 196 Å². The van der Waals surface area contributed by atoms with Gasteiger partial charge in [0.15, 0.2) is 6.61 Å². The fourth-order valence-electron chi connectivity index (χ4n) is 3.02. The number of carbonyl (C=O) groups is 3. The molecule has 0 aromatic heterocycles. The molecule has 1 saturated heterocycles. The first-order valence-corrected chi connectivity index (χ1v) is 10.8. The Morgan fingerprint density at radius 1 is 1.18 bits per heavy atom. The lowest BCUT2D eigenvalue weighted by Crippen LogP contribution is -2.41. The van der Waals surface area contributed by atoms with E-state index in [9.17, 15) is 14.4 Å². The third-order valence-electron chi connectivity index (χ3n) is 4.82. The minimum absolute atomic E-state index is 0.0435. The highest BCUT2D eigenvalue weighted by molar-refractivity contribution is 6.35. The summed E-state index contributed by atoms with van der Waals surface area (Å²) in [5, 5.41) is 9.58. The molecule has 33 heavy (non-hydrogen) atoms. The zero-order chi connectivity index (χ0) is 23.6. The Kier molecular flexibility index (Phi) is 8.79. The number of carbonyl (C=O) groups excluding carboxylic acids is 3. The van der Waals surface area contributed by atoms with Crippen LogP contribution in [0.2, 0.25) is 5.02 Å². The summed E-state index contributed by atoms with van der Waals surface area (Å²) in [5.74, 6) is -1.45. The van der Waals surface area contributed by atoms with E-state index in [1.165, 1.54) is 6.21 Å². The molecule has 9 nitrogen and oxygen atoms in total. The van der Waals surface area contributed by atoms with Gasteiger partial charge >= 0.3 is 11.8 Å². The average Bonchev–Trinajstić information content (AvgIpc) is 3.33. The Balaban J connectivity index is 1.39. The Morgan fingerprint density at radius 2 is 1.97 bits per heavy atom. The lowest BCUT2D eigenvalue weighted by molar-refractivity contribution is -0.139. The number of anilines is 1. The van der Waals surface area contributed by atoms with Gasteiger partial charge < -0.3 is 20.1 Å². The average molecular weight is 473 g/mol. The number of halogens is 1. The number of ether oxygens (including phenoxy) is 2. The highest BCUT2D eigenvalue weighted by atomic mass is 35.5. The Hall–Kier alpha value is -3.43. The normalized spacial score (nSPS) is 15.3. The molecule has 0 spiro atoms. The quantitative estimate of drug-likeness (QED) is 0.310. The molecule has 0 aliphatic carbocycles. The number of hydrogen-bond acceptors (Lipinski definition) is 6. The molecule has 0 radical (unpaired) electrons. The van der Waals surface area contributed by atoms with Crippen molar-refractivity contribution in [1.29, 1.82) is 0 Å². The van der Waals surface area contributed by atoms with Gasteiger partial charge in [-0.2, -0.15) is 5.10 Å². The number of rotatable bonds is 8. The molecule has 0 bridgehead atoms. The molecule has 3 N–H and O–H groups in total. The second kappa shape index (κ2) is 12.0. The van der Waals surface area contributed by atoms with E-state index in [0.29, 0.717) is 35.2 Å². The van der Waals surface area contributed by atoms with Crippen LogP contribution in [0, 0.1) is 6.92 Å². The summed E-state index contributed by atoms with van der Waals surface area (Å²) in [6.45, 7) is 2.68. The molecule has 2 aromatic carbocycles. The van der Waals surface area contributed by atoms with Crippen LogP contribution >= 0.6 is 11.6 Å². The monoisotopic (exact) mass is 472 g/mol. The van der Waals surface area contributed by atoms with Crippen molar-refractivity contribution in [2.75, 3.05) is 25.1 Å². The maximum absolute atomic E-state index is 12.1. The van der Waals surface area contributed by atoms with E-state index < -0.39 is 11.8 Å². The summed E-state index contributed by atoms with van der Waals surface area (Å²) in [4.78, 5) is 35.6. The van der Waals surface area contributed by atoms with Crippen molar-refractivity contribution in [3.8, 4) is 5.75 Å². The van der Waals surface area contributed by atoms with Gasteiger partial charge in [-0.3, -0.25) is 14.4 Å². The van der Waals surface area contributed by atoms with Gasteiger partial charge in [-0.1, -0.05) is 17.7 Å². The predicted octanol–water partition coefficient (Wildman–Crippen LogP) is 2.41. The molecule has 1 fully saturated rings. The molecule has 1 aliphatic heterocycles. The standard InChI is InChI=1S/C23H25ClN4O5/c1-15-4-7-17(24)11-20(15)27-21(29)14-33-18-8-5-16(6-9-18)12-26-28-23(31)22(30)25-13-19-3-2-10-32-19/h4-9,11-12,19H,2-3,10,13-14H2,1H3,(H,25,30)(H,27,29)(H,28,31)/b26-12-/t19-/m1/s1. The van der Waals surface area contributed by atoms with E-state index in [4.69, 9.17) is 21.1 Å². The summed E-state index contributed by atoms with van der Waals surface area (Å²) in [6, 6.07) is 12.0. The fourth-order valence-corrected chi connectivity index (χ4v) is 3.19. The smallest absolute Gasteiger partial charge is 0.329 e. The summed E-state index contributed by atoms with van der Waals surface area (Å²) < 4.78 is 10.9. The second-order valence-electron chi connectivity index (χ2n) is 7.41. The van der Waals surface area contributed by atoms with Gasteiger partial charge in [0.2, 0.25) is 0 Å². The van der Waals surface area contributed by atoms with E-state index in [-0.39, 0.29) is 18.6 Å². The van der Waals surface area contributed by atoms with Crippen molar-refractivity contribution in [2.45, 2.75) is 25.9 Å². The summed E-state index contributed by atoms with van der Waals surface area (Å²) in [6.07, 6.45) is 3.17. The highest BCUT2D eigenvalue weighted by Gasteiger charge is 2.18. The molecule has 1 aliphatic rings. The minimum atomic E-state index is -0.856. The van der Waals surface area contributed by atoms with Gasteiger partial charge in [0, 0.05) is 23.9 Å². The zero-order valence-electron chi connectivity index (χ0n) is 18.1. The van der Waals surface area contributed by atoms with E-state index in [1.54, 1.807) is 36.4 Å². The SMILES string of the molecule is Cc1ccc(Cl)cc1NC(=O)COc1ccc(/C=N\NC(=O)C(=O)NC[C@H]2CCCO2)cc1. The number of amides is 3. The van der Waals surface area contributed by atoms with Crippen LogP contribution < -0.4 is 20.8 Å². The topological polar surface area (TPSA) is 118 Å². The van der Waals surface area contributed by atoms with Crippen molar-refractivity contribution in [2.24, 2.45) is 5.10 Å². The van der Waals surface area contributed by atoms with Crippen molar-refractivity contribution >= 4 is 41.2 Å². The number of aryl methyl sites for hydroxylation is 1. The third kappa shape index (κ3) is 7.89. The lowest BCUT2D eigenvalue weighted by atomic mass is 10.2. The molecule has 3 rings (SSSR count). The van der Waals surface area contributed by atoms with Crippen LogP contribution in [0.3, 0.4) is 0 Å². The molecular weight excluding hydrogens is 448 g/mol. The van der Waals surface area contributed by atoms with Crippen LogP contribution in [0.15, 0.2) is 47.6 Å². The number of nitrogens with one attached hydrogen (secondary N) is 3. The molecule has 3 amide bonds. The first kappa shape index (κ1) is 24.2. The van der Waals surface area contributed by atoms with E-state index >= 15 is 0 Å². The van der Waals surface area contributed by atoms with E-state index in [2.05, 4.69) is 21.2 Å². The van der Waals surface area contributed by atoms with Gasteiger partial charge in [-0.25, -0.2) is 5.43 Å². The molecule has 2 aromatic rings. The maximum Gasteiger partial charge on any atom is 0.329 e. The summed E-state index contributed by atoms with van der Waals surface area (Å²) >= 11 is 5.95. The molecule has 10 heteroatoms. The van der Waals surface area contributed by atoms with Crippen molar-refractivity contribution in [3.63, 3.8) is 0 Å². The first-order valence-electron chi connectivity index (χ1n) is 10.4. The Morgan fingerprint density at radius 3 is 2.70 bits per heavy atom. The molecule has 0 unspecified atom stereocenters. The molecule has 0 saturated carbocycles. The van der Waals surface area contributed by atoms with Crippen molar-refractivity contribution in [3.05, 3.63) is 58.6 Å². The van der Waals surface area contributed by atoms with Crippen molar-refractivity contribution < 1.29 is 23.9 Å². The molecular formula is C23H25ClN4O5. The third-order valence-corrected chi connectivity index (χ3v) is 5.06. The number of benzene rings is 2. The van der Waals surface area contributed by atoms with Gasteiger partial charge in [-0.15, -0.1) is 0 Å². The van der Waals surface area contributed by atoms with Crippen LogP contribution in [0.25, 0.3) is 0 Å². The molecule has 1 atom stereocenters. The van der Waals surface area contributed by atoms with E-state index in [1.807, 2.05) is 13.0 Å². The number of hydrazone groups is 1. The van der Waals surface area contributed by atoms with Crippen LogP contribution in [0.1, 0.15) is 24.0 Å².